The molecule has 2 heterocycles. The van der Waals surface area contributed by atoms with E-state index >= 15 is 0 Å². The van der Waals surface area contributed by atoms with E-state index in [0.717, 1.165) is 38.4 Å². The van der Waals surface area contributed by atoms with Gasteiger partial charge in [-0.25, -0.2) is 8.78 Å². The van der Waals surface area contributed by atoms with Gasteiger partial charge in [-0.05, 0) is 31.4 Å². The van der Waals surface area contributed by atoms with E-state index in [1.807, 2.05) is 0 Å². The van der Waals surface area contributed by atoms with Gasteiger partial charge in [-0.3, -0.25) is 9.78 Å². The number of likely N-dealkylation sites (tertiary alicyclic amines) is 1. The zero-order chi connectivity index (χ0) is 14.1. The molecule has 104 valence electrons. The first-order valence-corrected chi connectivity index (χ1v) is 6.69. The first-order chi connectivity index (χ1) is 9.65. The number of amides is 1. The fourth-order valence-electron chi connectivity index (χ4n) is 2.57. The van der Waals surface area contributed by atoms with Gasteiger partial charge in [-0.1, -0.05) is 0 Å². The van der Waals surface area contributed by atoms with Gasteiger partial charge in [0.2, 0.25) is 0 Å². The molecular formula is C15H14F2N2O. The summed E-state index contributed by atoms with van der Waals surface area (Å²) in [5.41, 5.74) is 0.464. The Hall–Kier alpha value is -2.04. The van der Waals surface area contributed by atoms with Gasteiger partial charge in [0.05, 0.1) is 5.56 Å². The van der Waals surface area contributed by atoms with Crippen molar-refractivity contribution in [3.05, 3.63) is 41.6 Å². The van der Waals surface area contributed by atoms with Crippen LogP contribution in [0.1, 0.15) is 29.6 Å². The van der Waals surface area contributed by atoms with Crippen molar-refractivity contribution >= 4 is 16.8 Å². The van der Waals surface area contributed by atoms with Crippen molar-refractivity contribution in [1.82, 2.24) is 9.88 Å². The van der Waals surface area contributed by atoms with Crippen LogP contribution >= 0.6 is 0 Å². The van der Waals surface area contributed by atoms with E-state index in [0.29, 0.717) is 10.9 Å². The van der Waals surface area contributed by atoms with Crippen LogP contribution in [0.4, 0.5) is 8.78 Å². The topological polar surface area (TPSA) is 33.2 Å². The minimum absolute atomic E-state index is 0.0848. The molecule has 1 amide bonds. The van der Waals surface area contributed by atoms with Gasteiger partial charge in [0, 0.05) is 30.7 Å². The van der Waals surface area contributed by atoms with Crippen LogP contribution in [0.25, 0.3) is 10.9 Å². The van der Waals surface area contributed by atoms with Gasteiger partial charge in [0.15, 0.2) is 5.82 Å². The summed E-state index contributed by atoms with van der Waals surface area (Å²) in [6, 6.07) is 3.49. The van der Waals surface area contributed by atoms with Gasteiger partial charge in [-0.15, -0.1) is 0 Å². The number of benzene rings is 1. The summed E-state index contributed by atoms with van der Waals surface area (Å²) in [4.78, 5) is 18.0. The van der Waals surface area contributed by atoms with Crippen molar-refractivity contribution in [2.75, 3.05) is 13.1 Å². The van der Waals surface area contributed by atoms with Crippen LogP contribution in [0.15, 0.2) is 24.4 Å². The Kier molecular flexibility index (Phi) is 3.34. The second-order valence-corrected chi connectivity index (χ2v) is 5.04. The Morgan fingerprint density at radius 3 is 2.60 bits per heavy atom. The highest BCUT2D eigenvalue weighted by Gasteiger charge is 2.19. The molecule has 1 aromatic carbocycles. The molecule has 1 aliphatic rings. The summed E-state index contributed by atoms with van der Waals surface area (Å²) in [7, 11) is 0. The molecule has 0 spiro atoms. The molecular weight excluding hydrogens is 262 g/mol. The summed E-state index contributed by atoms with van der Waals surface area (Å²) in [6.45, 7) is 1.46. The largest absolute Gasteiger partial charge is 0.339 e. The molecule has 0 unspecified atom stereocenters. The molecule has 1 aromatic heterocycles. The maximum atomic E-state index is 13.5. The van der Waals surface area contributed by atoms with Gasteiger partial charge >= 0.3 is 0 Å². The summed E-state index contributed by atoms with van der Waals surface area (Å²) in [6.07, 6.45) is 4.49. The third-order valence-corrected chi connectivity index (χ3v) is 3.59. The van der Waals surface area contributed by atoms with E-state index in [1.165, 1.54) is 18.3 Å². The maximum Gasteiger partial charge on any atom is 0.255 e. The number of hydrogen-bond donors (Lipinski definition) is 0. The van der Waals surface area contributed by atoms with Crippen LogP contribution in [-0.2, 0) is 0 Å². The fraction of sp³-hybridized carbons (Fsp3) is 0.333. The number of halogens is 2. The molecule has 0 aliphatic carbocycles. The molecule has 20 heavy (non-hydrogen) atoms. The SMILES string of the molecule is O=C(c1cnc2c(F)cc(F)cc2c1)N1CCCCC1. The molecule has 2 aromatic rings. The third kappa shape index (κ3) is 2.35. The van der Waals surface area contributed by atoms with Crippen LogP contribution < -0.4 is 0 Å². The molecule has 0 radical (unpaired) electrons. The zero-order valence-corrected chi connectivity index (χ0v) is 10.9. The van der Waals surface area contributed by atoms with Crippen molar-refractivity contribution < 1.29 is 13.6 Å². The minimum Gasteiger partial charge on any atom is -0.339 e. The van der Waals surface area contributed by atoms with Crippen LogP contribution in [0.3, 0.4) is 0 Å². The molecule has 1 aliphatic heterocycles. The van der Waals surface area contributed by atoms with E-state index in [1.54, 1.807) is 4.90 Å². The lowest BCUT2D eigenvalue weighted by molar-refractivity contribution is 0.0724. The van der Waals surface area contributed by atoms with E-state index in [4.69, 9.17) is 0 Å². The maximum absolute atomic E-state index is 13.5. The quantitative estimate of drug-likeness (QED) is 0.801. The summed E-state index contributed by atoms with van der Waals surface area (Å²) in [5, 5.41) is 0.311. The number of fused-ring (bicyclic) bond motifs is 1. The molecule has 0 bridgehead atoms. The van der Waals surface area contributed by atoms with Crippen molar-refractivity contribution in [1.29, 1.82) is 0 Å². The number of rotatable bonds is 1. The smallest absolute Gasteiger partial charge is 0.255 e. The number of piperidine rings is 1. The Morgan fingerprint density at radius 1 is 1.10 bits per heavy atom. The fourth-order valence-corrected chi connectivity index (χ4v) is 2.57. The predicted octanol–water partition coefficient (Wildman–Crippen LogP) is 3.14. The first kappa shape index (κ1) is 13.0. The molecule has 1 fully saturated rings. The molecule has 0 atom stereocenters. The third-order valence-electron chi connectivity index (χ3n) is 3.59. The molecule has 3 rings (SSSR count). The minimum atomic E-state index is -0.711. The van der Waals surface area contributed by atoms with E-state index in [-0.39, 0.29) is 11.4 Å². The summed E-state index contributed by atoms with van der Waals surface area (Å²) in [5.74, 6) is -1.50. The molecule has 1 saturated heterocycles. The van der Waals surface area contributed by atoms with Crippen LogP contribution in [0.5, 0.6) is 0 Å². The van der Waals surface area contributed by atoms with Gasteiger partial charge in [-0.2, -0.15) is 0 Å². The van der Waals surface area contributed by atoms with Crippen molar-refractivity contribution in [2.24, 2.45) is 0 Å². The van der Waals surface area contributed by atoms with Crippen molar-refractivity contribution in [3.63, 3.8) is 0 Å². The van der Waals surface area contributed by atoms with Crippen LogP contribution in [0.2, 0.25) is 0 Å². The second-order valence-electron chi connectivity index (χ2n) is 5.04. The monoisotopic (exact) mass is 276 g/mol. The lowest BCUT2D eigenvalue weighted by Crippen LogP contribution is -2.35. The Morgan fingerprint density at radius 2 is 1.85 bits per heavy atom. The van der Waals surface area contributed by atoms with Gasteiger partial charge in [0.25, 0.3) is 5.91 Å². The van der Waals surface area contributed by atoms with Gasteiger partial charge < -0.3 is 4.90 Å². The van der Waals surface area contributed by atoms with Gasteiger partial charge in [0.1, 0.15) is 11.3 Å². The number of carbonyl (C=O) groups excluding carboxylic acids is 1. The van der Waals surface area contributed by atoms with E-state index in [9.17, 15) is 13.6 Å². The Labute approximate surface area is 115 Å². The summed E-state index contributed by atoms with van der Waals surface area (Å²) >= 11 is 0. The highest BCUT2D eigenvalue weighted by Crippen LogP contribution is 2.20. The Bertz CT molecular complexity index is 666. The van der Waals surface area contributed by atoms with E-state index < -0.39 is 11.6 Å². The van der Waals surface area contributed by atoms with Crippen LogP contribution in [0, 0.1) is 11.6 Å². The number of aromatic nitrogens is 1. The lowest BCUT2D eigenvalue weighted by Gasteiger charge is -2.26. The number of carbonyl (C=O) groups is 1. The first-order valence-electron chi connectivity index (χ1n) is 6.69. The summed E-state index contributed by atoms with van der Waals surface area (Å²) < 4.78 is 26.8. The average molecular weight is 276 g/mol. The molecule has 5 heteroatoms. The van der Waals surface area contributed by atoms with Crippen molar-refractivity contribution in [3.8, 4) is 0 Å². The second kappa shape index (κ2) is 5.15. The average Bonchev–Trinajstić information content (AvgIpc) is 2.46. The Balaban J connectivity index is 1.97. The highest BCUT2D eigenvalue weighted by atomic mass is 19.1. The van der Waals surface area contributed by atoms with Crippen molar-refractivity contribution in [2.45, 2.75) is 19.3 Å². The highest BCUT2D eigenvalue weighted by molar-refractivity contribution is 5.97. The normalized spacial score (nSPS) is 15.6. The zero-order valence-electron chi connectivity index (χ0n) is 10.9. The standard InChI is InChI=1S/C15H14F2N2O/c16-12-7-10-6-11(9-18-14(10)13(17)8-12)15(20)19-4-2-1-3-5-19/h6-9H,1-5H2. The van der Waals surface area contributed by atoms with E-state index in [2.05, 4.69) is 4.98 Å². The predicted molar refractivity (Wildman–Crippen MR) is 71.4 cm³/mol. The number of hydrogen-bond acceptors (Lipinski definition) is 2. The lowest BCUT2D eigenvalue weighted by atomic mass is 10.1. The number of nitrogens with zero attached hydrogens (tertiary/aromatic N) is 2. The number of pyridine rings is 1. The van der Waals surface area contributed by atoms with Crippen LogP contribution in [-0.4, -0.2) is 28.9 Å². The molecule has 3 nitrogen and oxygen atoms in total. The molecule has 0 saturated carbocycles. The molecule has 0 N–H and O–H groups in total.